The van der Waals surface area contributed by atoms with Gasteiger partial charge in [0.2, 0.25) is 0 Å². The maximum Gasteiger partial charge on any atom is 0.0325 e. The van der Waals surface area contributed by atoms with Crippen molar-refractivity contribution in [3.8, 4) is 0 Å². The average molecular weight is 222 g/mol. The predicted molar refractivity (Wildman–Crippen MR) is 67.2 cm³/mol. The van der Waals surface area contributed by atoms with Crippen LogP contribution in [0, 0.1) is 0 Å². The molecule has 0 spiro atoms. The molecule has 2 rings (SSSR count). The second kappa shape index (κ2) is 5.42. The summed E-state index contributed by atoms with van der Waals surface area (Å²) in [5, 5.41) is 3.55. The number of hydrogen-bond donors (Lipinski definition) is 2. The molecule has 0 bridgehead atoms. The highest BCUT2D eigenvalue weighted by Crippen LogP contribution is 2.22. The Morgan fingerprint density at radius 3 is 3.07 bits per heavy atom. The Hall–Kier alpha value is -0.670. The van der Waals surface area contributed by atoms with Crippen molar-refractivity contribution in [3.05, 3.63) is 24.3 Å². The smallest absolute Gasteiger partial charge is 0.0325 e. The fourth-order valence-electron chi connectivity index (χ4n) is 1.87. The van der Waals surface area contributed by atoms with Crippen LogP contribution in [0.25, 0.3) is 0 Å². The lowest BCUT2D eigenvalue weighted by Crippen LogP contribution is -2.35. The van der Waals surface area contributed by atoms with Crippen LogP contribution >= 0.6 is 11.8 Å². The van der Waals surface area contributed by atoms with E-state index in [1.54, 1.807) is 0 Å². The first-order valence-corrected chi connectivity index (χ1v) is 6.55. The van der Waals surface area contributed by atoms with Gasteiger partial charge in [-0.1, -0.05) is 12.5 Å². The topological polar surface area (TPSA) is 38.0 Å². The molecule has 82 valence electrons. The van der Waals surface area contributed by atoms with Crippen molar-refractivity contribution in [1.29, 1.82) is 0 Å². The molecule has 1 heterocycles. The van der Waals surface area contributed by atoms with Crippen LogP contribution in [-0.4, -0.2) is 18.3 Å². The molecule has 1 saturated heterocycles. The Kier molecular flexibility index (Phi) is 3.92. The molecule has 1 aromatic carbocycles. The van der Waals surface area contributed by atoms with Gasteiger partial charge in [-0.25, -0.2) is 0 Å². The molecule has 1 aliphatic rings. The fraction of sp³-hybridized carbons (Fsp3) is 0.500. The first kappa shape index (κ1) is 10.8. The van der Waals surface area contributed by atoms with E-state index in [4.69, 9.17) is 5.73 Å². The summed E-state index contributed by atoms with van der Waals surface area (Å²) in [6, 6.07) is 8.82. The maximum atomic E-state index is 5.74. The molecule has 0 aliphatic carbocycles. The Morgan fingerprint density at radius 1 is 1.40 bits per heavy atom. The number of hydrogen-bond acceptors (Lipinski definition) is 3. The van der Waals surface area contributed by atoms with Crippen LogP contribution in [0.15, 0.2) is 29.2 Å². The van der Waals surface area contributed by atoms with Gasteiger partial charge >= 0.3 is 0 Å². The molecular weight excluding hydrogens is 204 g/mol. The van der Waals surface area contributed by atoms with Gasteiger partial charge in [0.15, 0.2) is 0 Å². The minimum atomic E-state index is 0.685. The first-order chi connectivity index (χ1) is 7.34. The third kappa shape index (κ3) is 3.43. The predicted octanol–water partition coefficient (Wildman–Crippen LogP) is 2.50. The van der Waals surface area contributed by atoms with E-state index >= 15 is 0 Å². The number of piperidine rings is 1. The summed E-state index contributed by atoms with van der Waals surface area (Å²) in [6.45, 7) is 1.18. The molecule has 15 heavy (non-hydrogen) atoms. The number of nitrogens with two attached hydrogens (primary N) is 1. The number of anilines is 1. The van der Waals surface area contributed by atoms with E-state index in [9.17, 15) is 0 Å². The Balaban J connectivity index is 1.81. The fourth-order valence-corrected chi connectivity index (χ4v) is 2.94. The van der Waals surface area contributed by atoms with E-state index in [-0.39, 0.29) is 0 Å². The van der Waals surface area contributed by atoms with Gasteiger partial charge in [0.25, 0.3) is 0 Å². The van der Waals surface area contributed by atoms with Crippen molar-refractivity contribution in [2.24, 2.45) is 0 Å². The zero-order valence-electron chi connectivity index (χ0n) is 8.91. The quantitative estimate of drug-likeness (QED) is 0.609. The van der Waals surface area contributed by atoms with Gasteiger partial charge in [0.05, 0.1) is 0 Å². The number of nitrogens with one attached hydrogen (secondary N) is 1. The SMILES string of the molecule is Nc1cccc(SCC2CCCCN2)c1. The number of nitrogen functional groups attached to an aromatic ring is 1. The van der Waals surface area contributed by atoms with Crippen molar-refractivity contribution >= 4 is 17.4 Å². The van der Waals surface area contributed by atoms with Crippen LogP contribution in [0.1, 0.15) is 19.3 Å². The molecule has 1 aliphatic heterocycles. The summed E-state index contributed by atoms with van der Waals surface area (Å²) >= 11 is 1.90. The van der Waals surface area contributed by atoms with Crippen molar-refractivity contribution in [2.45, 2.75) is 30.2 Å². The first-order valence-electron chi connectivity index (χ1n) is 5.56. The van der Waals surface area contributed by atoms with Gasteiger partial charge in [0.1, 0.15) is 0 Å². The maximum absolute atomic E-state index is 5.74. The molecular formula is C12H18N2S. The van der Waals surface area contributed by atoms with E-state index in [1.807, 2.05) is 30.0 Å². The number of rotatable bonds is 3. The molecule has 3 heteroatoms. The normalized spacial score (nSPS) is 21.5. The zero-order chi connectivity index (χ0) is 10.5. The van der Waals surface area contributed by atoms with Crippen LogP contribution in [0.2, 0.25) is 0 Å². The van der Waals surface area contributed by atoms with E-state index in [0.29, 0.717) is 6.04 Å². The number of thioether (sulfide) groups is 1. The van der Waals surface area contributed by atoms with E-state index in [2.05, 4.69) is 11.4 Å². The Bertz CT molecular complexity index is 308. The lowest BCUT2D eigenvalue weighted by atomic mass is 10.1. The Labute approximate surface area is 95.6 Å². The highest BCUT2D eigenvalue weighted by molar-refractivity contribution is 7.99. The third-order valence-corrected chi connectivity index (χ3v) is 3.88. The van der Waals surface area contributed by atoms with Crippen LogP contribution < -0.4 is 11.1 Å². The number of benzene rings is 1. The van der Waals surface area contributed by atoms with E-state index in [1.165, 1.54) is 30.7 Å². The van der Waals surface area contributed by atoms with E-state index < -0.39 is 0 Å². The molecule has 0 radical (unpaired) electrons. The summed E-state index contributed by atoms with van der Waals surface area (Å²) < 4.78 is 0. The average Bonchev–Trinajstić information content (AvgIpc) is 2.28. The van der Waals surface area contributed by atoms with Gasteiger partial charge in [-0.3, -0.25) is 0 Å². The van der Waals surface area contributed by atoms with Gasteiger partial charge in [-0.15, -0.1) is 11.8 Å². The van der Waals surface area contributed by atoms with Crippen LogP contribution in [-0.2, 0) is 0 Å². The minimum Gasteiger partial charge on any atom is -0.399 e. The summed E-state index contributed by atoms with van der Waals surface area (Å²) in [4.78, 5) is 1.28. The van der Waals surface area contributed by atoms with Gasteiger partial charge < -0.3 is 11.1 Å². The van der Waals surface area contributed by atoms with E-state index in [0.717, 1.165) is 11.4 Å². The monoisotopic (exact) mass is 222 g/mol. The summed E-state index contributed by atoms with van der Waals surface area (Å²) in [6.07, 6.45) is 4.02. The molecule has 1 aromatic rings. The van der Waals surface area contributed by atoms with Crippen LogP contribution in [0.3, 0.4) is 0 Å². The Morgan fingerprint density at radius 2 is 2.33 bits per heavy atom. The zero-order valence-corrected chi connectivity index (χ0v) is 9.72. The summed E-state index contributed by atoms with van der Waals surface area (Å²) in [5.41, 5.74) is 6.60. The largest absolute Gasteiger partial charge is 0.399 e. The highest BCUT2D eigenvalue weighted by Gasteiger charge is 2.12. The standard InChI is InChI=1S/C12H18N2S/c13-10-4-3-6-12(8-10)15-9-11-5-1-2-7-14-11/h3-4,6,8,11,14H,1-2,5,7,9,13H2. The van der Waals surface area contributed by atoms with Crippen molar-refractivity contribution < 1.29 is 0 Å². The van der Waals surface area contributed by atoms with Crippen LogP contribution in [0.4, 0.5) is 5.69 Å². The van der Waals surface area contributed by atoms with Crippen molar-refractivity contribution in [3.63, 3.8) is 0 Å². The van der Waals surface area contributed by atoms with Crippen molar-refractivity contribution in [1.82, 2.24) is 5.32 Å². The second-order valence-corrected chi connectivity index (χ2v) is 5.12. The van der Waals surface area contributed by atoms with Crippen LogP contribution in [0.5, 0.6) is 0 Å². The molecule has 0 amide bonds. The molecule has 2 nitrogen and oxygen atoms in total. The van der Waals surface area contributed by atoms with Crippen molar-refractivity contribution in [2.75, 3.05) is 18.0 Å². The van der Waals surface area contributed by atoms with Gasteiger partial charge in [0, 0.05) is 22.4 Å². The molecule has 1 unspecified atom stereocenters. The molecule has 0 saturated carbocycles. The van der Waals surface area contributed by atoms with Gasteiger partial charge in [-0.05, 0) is 37.6 Å². The molecule has 0 aromatic heterocycles. The minimum absolute atomic E-state index is 0.685. The lowest BCUT2D eigenvalue weighted by molar-refractivity contribution is 0.430. The molecule has 1 fully saturated rings. The molecule has 3 N–H and O–H groups in total. The highest BCUT2D eigenvalue weighted by atomic mass is 32.2. The third-order valence-electron chi connectivity index (χ3n) is 2.72. The van der Waals surface area contributed by atoms with Gasteiger partial charge in [-0.2, -0.15) is 0 Å². The summed E-state index contributed by atoms with van der Waals surface area (Å²) in [5.74, 6) is 1.16. The molecule has 1 atom stereocenters. The summed E-state index contributed by atoms with van der Waals surface area (Å²) in [7, 11) is 0. The lowest BCUT2D eigenvalue weighted by Gasteiger charge is -2.22. The second-order valence-electron chi connectivity index (χ2n) is 4.03.